The second-order valence-electron chi connectivity index (χ2n) is 5.73. The standard InChI is InChI=1S/C15H24N2/c1-13-6-4-5-7-14(13)10-17-9-8-15(2,12-17)11-16-3/h4-7,16H,8-12H2,1-3H3. The van der Waals surface area contributed by atoms with Gasteiger partial charge in [-0.3, -0.25) is 4.90 Å². The predicted molar refractivity (Wildman–Crippen MR) is 73.1 cm³/mol. The summed E-state index contributed by atoms with van der Waals surface area (Å²) in [6, 6.07) is 8.72. The van der Waals surface area contributed by atoms with Crippen LogP contribution in [0.5, 0.6) is 0 Å². The Morgan fingerprint density at radius 1 is 1.35 bits per heavy atom. The Labute approximate surface area is 105 Å². The van der Waals surface area contributed by atoms with Crippen molar-refractivity contribution >= 4 is 0 Å². The van der Waals surface area contributed by atoms with E-state index < -0.39 is 0 Å². The van der Waals surface area contributed by atoms with E-state index in [2.05, 4.69) is 55.4 Å². The zero-order valence-electron chi connectivity index (χ0n) is 11.3. The first kappa shape index (κ1) is 12.6. The smallest absolute Gasteiger partial charge is 0.0236 e. The molecule has 1 unspecified atom stereocenters. The van der Waals surface area contributed by atoms with Crippen LogP contribution in [0.1, 0.15) is 24.5 Å². The fraction of sp³-hybridized carbons (Fsp3) is 0.600. The van der Waals surface area contributed by atoms with Gasteiger partial charge in [-0.25, -0.2) is 0 Å². The van der Waals surface area contributed by atoms with Crippen molar-refractivity contribution < 1.29 is 0 Å². The minimum absolute atomic E-state index is 0.456. The van der Waals surface area contributed by atoms with Gasteiger partial charge in [-0.2, -0.15) is 0 Å². The number of hydrogen-bond donors (Lipinski definition) is 1. The fourth-order valence-corrected chi connectivity index (χ4v) is 2.86. The second kappa shape index (κ2) is 5.19. The third-order valence-corrected chi connectivity index (χ3v) is 3.90. The maximum Gasteiger partial charge on any atom is 0.0236 e. The highest BCUT2D eigenvalue weighted by Crippen LogP contribution is 2.30. The quantitative estimate of drug-likeness (QED) is 0.857. The van der Waals surface area contributed by atoms with Crippen LogP contribution in [0, 0.1) is 12.3 Å². The molecular formula is C15H24N2. The van der Waals surface area contributed by atoms with Crippen LogP contribution in [0.2, 0.25) is 0 Å². The summed E-state index contributed by atoms with van der Waals surface area (Å²) in [7, 11) is 2.05. The van der Waals surface area contributed by atoms with Gasteiger partial charge in [0, 0.05) is 19.6 Å². The summed E-state index contributed by atoms with van der Waals surface area (Å²) in [6.45, 7) is 9.26. The number of nitrogens with one attached hydrogen (secondary N) is 1. The molecule has 2 nitrogen and oxygen atoms in total. The van der Waals surface area contributed by atoms with Gasteiger partial charge in [-0.1, -0.05) is 31.2 Å². The average Bonchev–Trinajstić information content (AvgIpc) is 2.64. The predicted octanol–water partition coefficient (Wildman–Crippen LogP) is 2.43. The van der Waals surface area contributed by atoms with Crippen LogP contribution in [0.3, 0.4) is 0 Å². The van der Waals surface area contributed by atoms with Gasteiger partial charge in [0.25, 0.3) is 0 Å². The van der Waals surface area contributed by atoms with Crippen molar-refractivity contribution in [1.82, 2.24) is 10.2 Å². The number of hydrogen-bond acceptors (Lipinski definition) is 2. The number of aryl methyl sites for hydroxylation is 1. The van der Waals surface area contributed by atoms with Crippen LogP contribution < -0.4 is 5.32 Å². The average molecular weight is 232 g/mol. The topological polar surface area (TPSA) is 15.3 Å². The lowest BCUT2D eigenvalue weighted by Gasteiger charge is -2.24. The molecule has 0 saturated carbocycles. The Balaban J connectivity index is 1.96. The molecule has 1 atom stereocenters. The van der Waals surface area contributed by atoms with Crippen LogP contribution in [0.25, 0.3) is 0 Å². The molecule has 1 fully saturated rings. The van der Waals surface area contributed by atoms with Crippen molar-refractivity contribution in [3.05, 3.63) is 35.4 Å². The Kier molecular flexibility index (Phi) is 3.85. The maximum absolute atomic E-state index is 3.32. The molecule has 0 spiro atoms. The Hall–Kier alpha value is -0.860. The van der Waals surface area contributed by atoms with E-state index in [-0.39, 0.29) is 0 Å². The van der Waals surface area contributed by atoms with E-state index in [1.807, 2.05) is 0 Å². The molecule has 1 aromatic rings. The summed E-state index contributed by atoms with van der Waals surface area (Å²) in [5.41, 5.74) is 3.34. The highest BCUT2D eigenvalue weighted by atomic mass is 15.2. The zero-order valence-corrected chi connectivity index (χ0v) is 11.3. The van der Waals surface area contributed by atoms with Crippen molar-refractivity contribution in [3.63, 3.8) is 0 Å². The Bertz CT molecular complexity index is 375. The molecule has 17 heavy (non-hydrogen) atoms. The molecule has 1 aromatic carbocycles. The molecule has 0 bridgehead atoms. The first-order chi connectivity index (χ1) is 8.13. The second-order valence-corrected chi connectivity index (χ2v) is 5.73. The lowest BCUT2D eigenvalue weighted by molar-refractivity contribution is 0.265. The van der Waals surface area contributed by atoms with Crippen molar-refractivity contribution in [2.45, 2.75) is 26.8 Å². The number of nitrogens with zero attached hydrogens (tertiary/aromatic N) is 1. The summed E-state index contributed by atoms with van der Waals surface area (Å²) >= 11 is 0. The summed E-state index contributed by atoms with van der Waals surface area (Å²) < 4.78 is 0. The van der Waals surface area contributed by atoms with E-state index in [9.17, 15) is 0 Å². The third-order valence-electron chi connectivity index (χ3n) is 3.90. The first-order valence-electron chi connectivity index (χ1n) is 6.54. The molecule has 0 aromatic heterocycles. The van der Waals surface area contributed by atoms with E-state index >= 15 is 0 Å². The van der Waals surface area contributed by atoms with Crippen LogP contribution in [-0.4, -0.2) is 31.6 Å². The van der Waals surface area contributed by atoms with E-state index in [4.69, 9.17) is 0 Å². The summed E-state index contributed by atoms with van der Waals surface area (Å²) in [4.78, 5) is 2.58. The van der Waals surface area contributed by atoms with Crippen molar-refractivity contribution in [2.24, 2.45) is 5.41 Å². The van der Waals surface area contributed by atoms with Gasteiger partial charge in [0.15, 0.2) is 0 Å². The Morgan fingerprint density at radius 2 is 2.12 bits per heavy atom. The normalized spacial score (nSPS) is 25.4. The van der Waals surface area contributed by atoms with Crippen LogP contribution in [0.15, 0.2) is 24.3 Å². The lowest BCUT2D eigenvalue weighted by Crippen LogP contribution is -2.33. The number of likely N-dealkylation sites (tertiary alicyclic amines) is 1. The molecule has 1 heterocycles. The monoisotopic (exact) mass is 232 g/mol. The van der Waals surface area contributed by atoms with Gasteiger partial charge in [-0.15, -0.1) is 0 Å². The third kappa shape index (κ3) is 3.08. The largest absolute Gasteiger partial charge is 0.319 e. The highest BCUT2D eigenvalue weighted by Gasteiger charge is 2.32. The van der Waals surface area contributed by atoms with Crippen molar-refractivity contribution in [3.8, 4) is 0 Å². The SMILES string of the molecule is CNCC1(C)CCN(Cc2ccccc2C)C1. The number of rotatable bonds is 4. The van der Waals surface area contributed by atoms with Gasteiger partial charge in [0.05, 0.1) is 0 Å². The van der Waals surface area contributed by atoms with E-state index in [1.165, 1.54) is 30.6 Å². The van der Waals surface area contributed by atoms with Crippen LogP contribution in [0.4, 0.5) is 0 Å². The molecule has 2 rings (SSSR count). The molecule has 0 amide bonds. The van der Waals surface area contributed by atoms with Crippen LogP contribution in [-0.2, 0) is 6.54 Å². The lowest BCUT2D eigenvalue weighted by atomic mass is 9.90. The minimum atomic E-state index is 0.456. The molecule has 1 saturated heterocycles. The van der Waals surface area contributed by atoms with Crippen LogP contribution >= 0.6 is 0 Å². The summed E-state index contributed by atoms with van der Waals surface area (Å²) in [5.74, 6) is 0. The molecule has 1 N–H and O–H groups in total. The number of benzene rings is 1. The Morgan fingerprint density at radius 3 is 2.82 bits per heavy atom. The van der Waals surface area contributed by atoms with E-state index in [0.717, 1.165) is 13.1 Å². The van der Waals surface area contributed by atoms with Gasteiger partial charge in [-0.05, 0) is 43.5 Å². The first-order valence-corrected chi connectivity index (χ1v) is 6.54. The van der Waals surface area contributed by atoms with Gasteiger partial charge < -0.3 is 5.32 Å². The highest BCUT2D eigenvalue weighted by molar-refractivity contribution is 5.25. The fourth-order valence-electron chi connectivity index (χ4n) is 2.86. The van der Waals surface area contributed by atoms with Gasteiger partial charge in [0.2, 0.25) is 0 Å². The van der Waals surface area contributed by atoms with Crippen molar-refractivity contribution in [2.75, 3.05) is 26.7 Å². The molecular weight excluding hydrogens is 208 g/mol. The molecule has 0 radical (unpaired) electrons. The van der Waals surface area contributed by atoms with Gasteiger partial charge in [0.1, 0.15) is 0 Å². The maximum atomic E-state index is 3.32. The van der Waals surface area contributed by atoms with E-state index in [0.29, 0.717) is 5.41 Å². The summed E-state index contributed by atoms with van der Waals surface area (Å²) in [6.07, 6.45) is 1.31. The molecule has 1 aliphatic rings. The molecule has 1 aliphatic heterocycles. The van der Waals surface area contributed by atoms with Crippen molar-refractivity contribution in [1.29, 1.82) is 0 Å². The molecule has 94 valence electrons. The van der Waals surface area contributed by atoms with Gasteiger partial charge >= 0.3 is 0 Å². The molecule has 0 aliphatic carbocycles. The summed E-state index contributed by atoms with van der Waals surface area (Å²) in [5, 5.41) is 3.32. The minimum Gasteiger partial charge on any atom is -0.319 e. The van der Waals surface area contributed by atoms with E-state index in [1.54, 1.807) is 0 Å². The zero-order chi connectivity index (χ0) is 12.3. The molecule has 2 heteroatoms.